The number of aryl methyl sites for hydroxylation is 2. The van der Waals surface area contributed by atoms with Gasteiger partial charge < -0.3 is 0 Å². The van der Waals surface area contributed by atoms with Gasteiger partial charge in [-0.3, -0.25) is 4.79 Å². The van der Waals surface area contributed by atoms with E-state index in [-0.39, 0.29) is 5.91 Å². The molecule has 0 N–H and O–H groups in total. The van der Waals surface area contributed by atoms with E-state index in [0.29, 0.717) is 45.2 Å². The zero-order valence-electron chi connectivity index (χ0n) is 13.8. The van der Waals surface area contributed by atoms with E-state index >= 15 is 0 Å². The van der Waals surface area contributed by atoms with E-state index in [1.807, 2.05) is 38.1 Å². The number of nitrogens with zero attached hydrogens (tertiary/aromatic N) is 4. The van der Waals surface area contributed by atoms with Crippen molar-refractivity contribution >= 4 is 39.8 Å². The van der Waals surface area contributed by atoms with Crippen LogP contribution in [0.15, 0.2) is 42.5 Å². The van der Waals surface area contributed by atoms with Gasteiger partial charge in [-0.1, -0.05) is 36.2 Å². The molecule has 0 saturated heterocycles. The van der Waals surface area contributed by atoms with E-state index in [2.05, 4.69) is 15.0 Å². The van der Waals surface area contributed by atoms with Crippen molar-refractivity contribution in [3.8, 4) is 0 Å². The number of carbonyl (C=O) groups is 1. The summed E-state index contributed by atoms with van der Waals surface area (Å²) in [6, 6.07) is 12.8. The summed E-state index contributed by atoms with van der Waals surface area (Å²) in [5.74, 6) is 0.490. The summed E-state index contributed by atoms with van der Waals surface area (Å²) in [6.45, 7) is 3.94. The first-order chi connectivity index (χ1) is 12.1. The molecule has 0 unspecified atom stereocenters. The van der Waals surface area contributed by atoms with Crippen LogP contribution in [-0.4, -0.2) is 25.4 Å². The van der Waals surface area contributed by atoms with Gasteiger partial charge in [0.2, 0.25) is 0 Å². The highest BCUT2D eigenvalue weighted by atomic mass is 35.5. The van der Waals surface area contributed by atoms with E-state index in [9.17, 15) is 4.79 Å². The fourth-order valence-electron chi connectivity index (χ4n) is 2.80. The quantitative estimate of drug-likeness (QED) is 0.543. The minimum absolute atomic E-state index is 0.151. The number of hydrogen-bond donors (Lipinski definition) is 0. The number of rotatable bonds is 2. The van der Waals surface area contributed by atoms with Gasteiger partial charge in [0.15, 0.2) is 11.3 Å². The van der Waals surface area contributed by atoms with Crippen molar-refractivity contribution in [2.75, 3.05) is 0 Å². The molecule has 4 rings (SSSR count). The Morgan fingerprint density at radius 1 is 1.04 bits per heavy atom. The SMILES string of the molecule is CCc1nc2nc3cc(Cl)ccc3nc2n1C(=O)c1ccc(C)cc1. The number of fused-ring (bicyclic) bond motifs is 2. The third-order valence-corrected chi connectivity index (χ3v) is 4.35. The Kier molecular flexibility index (Phi) is 3.73. The summed E-state index contributed by atoms with van der Waals surface area (Å²) in [5.41, 5.74) is 3.96. The Hall–Kier alpha value is -2.79. The number of halogens is 1. The van der Waals surface area contributed by atoms with Gasteiger partial charge in [0.05, 0.1) is 11.0 Å². The van der Waals surface area contributed by atoms with E-state index in [1.165, 1.54) is 0 Å². The van der Waals surface area contributed by atoms with Gasteiger partial charge in [0.1, 0.15) is 5.82 Å². The maximum Gasteiger partial charge on any atom is 0.265 e. The second kappa shape index (κ2) is 5.93. The lowest BCUT2D eigenvalue weighted by Gasteiger charge is -2.07. The molecule has 0 fully saturated rings. The van der Waals surface area contributed by atoms with E-state index in [4.69, 9.17) is 11.6 Å². The molecule has 0 aliphatic heterocycles. The normalized spacial score (nSPS) is 11.3. The molecule has 0 spiro atoms. The smallest absolute Gasteiger partial charge is 0.265 e. The molecule has 0 aliphatic carbocycles. The average molecular weight is 351 g/mol. The molecule has 0 radical (unpaired) electrons. The number of carbonyl (C=O) groups excluding carboxylic acids is 1. The maximum atomic E-state index is 13.0. The number of hydrogen-bond acceptors (Lipinski definition) is 4. The van der Waals surface area contributed by atoms with Gasteiger partial charge >= 0.3 is 0 Å². The molecular weight excluding hydrogens is 336 g/mol. The molecular formula is C19H15ClN4O. The van der Waals surface area contributed by atoms with Crippen LogP contribution in [0.4, 0.5) is 0 Å². The summed E-state index contributed by atoms with van der Waals surface area (Å²) in [6.07, 6.45) is 0.604. The maximum absolute atomic E-state index is 13.0. The highest BCUT2D eigenvalue weighted by Gasteiger charge is 2.20. The van der Waals surface area contributed by atoms with Crippen molar-refractivity contribution in [2.45, 2.75) is 20.3 Å². The minimum atomic E-state index is -0.151. The predicted molar refractivity (Wildman–Crippen MR) is 98.1 cm³/mol. The molecule has 0 amide bonds. The summed E-state index contributed by atoms with van der Waals surface area (Å²) in [4.78, 5) is 26.7. The zero-order valence-corrected chi connectivity index (χ0v) is 14.6. The molecule has 4 aromatic rings. The molecule has 2 heterocycles. The number of benzene rings is 2. The van der Waals surface area contributed by atoms with Crippen LogP contribution in [0.1, 0.15) is 28.7 Å². The Balaban J connectivity index is 1.96. The van der Waals surface area contributed by atoms with Gasteiger partial charge in [-0.05, 0) is 37.3 Å². The molecule has 2 aromatic heterocycles. The van der Waals surface area contributed by atoms with Gasteiger partial charge in [-0.15, -0.1) is 0 Å². The summed E-state index contributed by atoms with van der Waals surface area (Å²) < 4.78 is 1.56. The fraction of sp³-hybridized carbons (Fsp3) is 0.158. The van der Waals surface area contributed by atoms with E-state index in [1.54, 1.807) is 22.8 Å². The Labute approximate surface area is 149 Å². The van der Waals surface area contributed by atoms with Crippen molar-refractivity contribution < 1.29 is 4.79 Å². The van der Waals surface area contributed by atoms with Gasteiger partial charge in [0, 0.05) is 17.0 Å². The van der Waals surface area contributed by atoms with Crippen LogP contribution in [0.3, 0.4) is 0 Å². The molecule has 0 aliphatic rings. The first kappa shape index (κ1) is 15.7. The van der Waals surface area contributed by atoms with Crippen molar-refractivity contribution in [1.29, 1.82) is 0 Å². The van der Waals surface area contributed by atoms with Gasteiger partial charge in [0.25, 0.3) is 5.91 Å². The van der Waals surface area contributed by atoms with Crippen LogP contribution in [0.25, 0.3) is 22.3 Å². The third-order valence-electron chi connectivity index (χ3n) is 4.11. The van der Waals surface area contributed by atoms with Gasteiger partial charge in [-0.2, -0.15) is 0 Å². The third kappa shape index (κ3) is 2.66. The van der Waals surface area contributed by atoms with Crippen LogP contribution in [0.2, 0.25) is 5.02 Å². The Bertz CT molecular complexity index is 1120. The van der Waals surface area contributed by atoms with Crippen LogP contribution in [-0.2, 0) is 6.42 Å². The fourth-order valence-corrected chi connectivity index (χ4v) is 2.97. The van der Waals surface area contributed by atoms with Gasteiger partial charge in [-0.25, -0.2) is 19.5 Å². The molecule has 0 bridgehead atoms. The van der Waals surface area contributed by atoms with E-state index in [0.717, 1.165) is 5.56 Å². The number of imidazole rings is 1. The Morgan fingerprint density at radius 3 is 2.52 bits per heavy atom. The van der Waals surface area contributed by atoms with Crippen LogP contribution in [0, 0.1) is 6.92 Å². The molecule has 0 atom stereocenters. The summed E-state index contributed by atoms with van der Waals surface area (Å²) in [5, 5.41) is 0.590. The molecule has 25 heavy (non-hydrogen) atoms. The van der Waals surface area contributed by atoms with Crippen molar-refractivity contribution in [1.82, 2.24) is 19.5 Å². The molecule has 124 valence electrons. The van der Waals surface area contributed by atoms with Crippen molar-refractivity contribution in [3.05, 3.63) is 64.4 Å². The highest BCUT2D eigenvalue weighted by Crippen LogP contribution is 2.22. The van der Waals surface area contributed by atoms with Crippen LogP contribution >= 0.6 is 11.6 Å². The molecule has 5 nitrogen and oxygen atoms in total. The first-order valence-electron chi connectivity index (χ1n) is 8.03. The Morgan fingerprint density at radius 2 is 1.80 bits per heavy atom. The largest absolute Gasteiger partial charge is 0.268 e. The first-order valence-corrected chi connectivity index (χ1v) is 8.40. The van der Waals surface area contributed by atoms with Crippen molar-refractivity contribution in [2.24, 2.45) is 0 Å². The molecule has 0 saturated carbocycles. The monoisotopic (exact) mass is 350 g/mol. The van der Waals surface area contributed by atoms with Crippen LogP contribution in [0.5, 0.6) is 0 Å². The minimum Gasteiger partial charge on any atom is -0.268 e. The van der Waals surface area contributed by atoms with E-state index < -0.39 is 0 Å². The lowest BCUT2D eigenvalue weighted by molar-refractivity contribution is 0.0961. The summed E-state index contributed by atoms with van der Waals surface area (Å²) in [7, 11) is 0. The van der Waals surface area contributed by atoms with Crippen molar-refractivity contribution in [3.63, 3.8) is 0 Å². The standard InChI is InChI=1S/C19H15ClN4O/c1-3-16-23-17-18(22-14-9-8-13(20)10-15(14)21-17)24(16)19(25)12-6-4-11(2)5-7-12/h4-10H,3H2,1-2H3. The predicted octanol–water partition coefficient (Wildman–Crippen LogP) is 4.19. The summed E-state index contributed by atoms with van der Waals surface area (Å²) >= 11 is 6.03. The lowest BCUT2D eigenvalue weighted by atomic mass is 10.1. The lowest BCUT2D eigenvalue weighted by Crippen LogP contribution is -2.15. The molecule has 6 heteroatoms. The average Bonchev–Trinajstić information content (AvgIpc) is 2.97. The van der Waals surface area contributed by atoms with Crippen LogP contribution < -0.4 is 0 Å². The topological polar surface area (TPSA) is 60.7 Å². The molecule has 2 aromatic carbocycles. The second-order valence-corrected chi connectivity index (χ2v) is 6.33. The second-order valence-electron chi connectivity index (χ2n) is 5.89. The zero-order chi connectivity index (χ0) is 17.6. The number of aromatic nitrogens is 4. The highest BCUT2D eigenvalue weighted by molar-refractivity contribution is 6.31.